The van der Waals surface area contributed by atoms with Crippen LogP contribution in [0.1, 0.15) is 6.42 Å². The average Bonchev–Trinajstić information content (AvgIpc) is 3.29. The number of anilines is 4. The van der Waals surface area contributed by atoms with Crippen LogP contribution < -0.4 is 21.3 Å². The molecule has 3 heterocycles. The summed E-state index contributed by atoms with van der Waals surface area (Å²) in [5.74, 6) is 1.19. The van der Waals surface area contributed by atoms with Crippen molar-refractivity contribution >= 4 is 45.7 Å². The summed E-state index contributed by atoms with van der Waals surface area (Å²) in [6, 6.07) is 6.50. The first-order valence-electron chi connectivity index (χ1n) is 9.37. The number of rotatable bonds is 5. The van der Waals surface area contributed by atoms with Gasteiger partial charge in [0.2, 0.25) is 0 Å². The highest BCUT2D eigenvalue weighted by molar-refractivity contribution is 5.94. The zero-order chi connectivity index (χ0) is 20.7. The number of hydrogen-bond donors (Lipinski definition) is 4. The Kier molecular flexibility index (Phi) is 4.27. The van der Waals surface area contributed by atoms with E-state index < -0.39 is 18.2 Å². The van der Waals surface area contributed by atoms with Crippen molar-refractivity contribution in [3.05, 3.63) is 42.9 Å². The second kappa shape index (κ2) is 7.10. The Morgan fingerprint density at radius 1 is 1.23 bits per heavy atom. The van der Waals surface area contributed by atoms with Crippen LogP contribution in [0.4, 0.5) is 32.2 Å². The molecule has 1 fully saturated rings. The maximum Gasteiger partial charge on any atom is 0.319 e. The van der Waals surface area contributed by atoms with E-state index >= 15 is 0 Å². The molecule has 3 aromatic heterocycles. The van der Waals surface area contributed by atoms with Crippen LogP contribution in [0, 0.1) is 0 Å². The Morgan fingerprint density at radius 2 is 2.07 bits per heavy atom. The van der Waals surface area contributed by atoms with Gasteiger partial charge in [0.25, 0.3) is 0 Å². The van der Waals surface area contributed by atoms with E-state index in [4.69, 9.17) is 0 Å². The van der Waals surface area contributed by atoms with Gasteiger partial charge in [-0.3, -0.25) is 9.97 Å². The van der Waals surface area contributed by atoms with Crippen molar-refractivity contribution in [2.75, 3.05) is 23.0 Å². The molecule has 0 radical (unpaired) electrons. The van der Waals surface area contributed by atoms with Crippen molar-refractivity contribution in [1.82, 2.24) is 29.9 Å². The molecule has 4 N–H and O–H groups in total. The van der Waals surface area contributed by atoms with Gasteiger partial charge in [-0.05, 0) is 12.1 Å². The normalized spacial score (nSPS) is 17.7. The van der Waals surface area contributed by atoms with Crippen molar-refractivity contribution in [2.24, 2.45) is 0 Å². The Labute approximate surface area is 169 Å². The number of carbonyl (C=O) groups excluding carboxylic acids is 1. The van der Waals surface area contributed by atoms with E-state index in [9.17, 15) is 9.18 Å². The predicted molar refractivity (Wildman–Crippen MR) is 111 cm³/mol. The van der Waals surface area contributed by atoms with E-state index in [0.29, 0.717) is 34.9 Å². The van der Waals surface area contributed by atoms with Gasteiger partial charge >= 0.3 is 6.03 Å². The summed E-state index contributed by atoms with van der Waals surface area (Å²) < 4.78 is 14.6. The first-order chi connectivity index (χ1) is 14.6. The molecule has 1 aliphatic carbocycles. The fourth-order valence-corrected chi connectivity index (χ4v) is 3.16. The first-order valence-corrected chi connectivity index (χ1v) is 9.37. The molecule has 30 heavy (non-hydrogen) atoms. The van der Waals surface area contributed by atoms with Crippen LogP contribution in [-0.2, 0) is 0 Å². The fraction of sp³-hybridized carbons (Fsp3) is 0.211. The second-order valence-corrected chi connectivity index (χ2v) is 6.88. The number of para-hydroxylation sites is 1. The number of benzene rings is 1. The lowest BCUT2D eigenvalue weighted by atomic mass is 10.2. The summed E-state index contributed by atoms with van der Waals surface area (Å²) in [5, 5.41) is 15.9. The van der Waals surface area contributed by atoms with Crippen molar-refractivity contribution in [1.29, 1.82) is 0 Å². The lowest BCUT2D eigenvalue weighted by Gasteiger charge is -2.11. The molecule has 11 heteroatoms. The number of aromatic nitrogens is 5. The Hall–Kier alpha value is -4.02. The maximum absolute atomic E-state index is 13.0. The van der Waals surface area contributed by atoms with Gasteiger partial charge in [0, 0.05) is 31.9 Å². The lowest BCUT2D eigenvalue weighted by molar-refractivity contribution is 0.250. The quantitative estimate of drug-likeness (QED) is 0.401. The summed E-state index contributed by atoms with van der Waals surface area (Å²) in [4.78, 5) is 25.4. The average molecular weight is 407 g/mol. The molecule has 1 aliphatic rings. The zero-order valence-electron chi connectivity index (χ0n) is 15.9. The monoisotopic (exact) mass is 407 g/mol. The molecule has 4 aromatic rings. The minimum Gasteiger partial charge on any atom is -0.373 e. The van der Waals surface area contributed by atoms with Gasteiger partial charge in [-0.1, -0.05) is 6.07 Å². The highest BCUT2D eigenvalue weighted by Gasteiger charge is 2.38. The number of carbonyl (C=O) groups is 1. The molecule has 0 saturated heterocycles. The third-order valence-corrected chi connectivity index (χ3v) is 4.77. The van der Waals surface area contributed by atoms with E-state index in [-0.39, 0.29) is 0 Å². The van der Waals surface area contributed by atoms with Gasteiger partial charge in [-0.25, -0.2) is 14.2 Å². The number of hydrogen-bond acceptors (Lipinski definition) is 7. The summed E-state index contributed by atoms with van der Waals surface area (Å²) in [6.45, 7) is 0. The van der Waals surface area contributed by atoms with Crippen molar-refractivity contribution < 1.29 is 9.18 Å². The van der Waals surface area contributed by atoms with Crippen molar-refractivity contribution in [3.63, 3.8) is 0 Å². The Balaban J connectivity index is 1.48. The summed E-state index contributed by atoms with van der Waals surface area (Å²) in [5.41, 5.74) is 3.05. The minimum atomic E-state index is -0.978. The topological polar surface area (TPSA) is 121 Å². The molecule has 2 atom stereocenters. The standard InChI is InChI=1S/C19H18FN9O/c1-21-16-8-15(25-12-4-2-3-11-17(12)23-6-5-22-11)28-18-14(9-24-29(16)18)27-19(30)26-13-7-10(13)20/h2-6,8-10,13,21H,7H2,1H3,(H,25,28)(H2,26,27,30)/t10-,13+/m0/s1. The minimum absolute atomic E-state index is 0.340. The van der Waals surface area contributed by atoms with Crippen LogP contribution in [0.25, 0.3) is 16.7 Å². The number of nitrogens with one attached hydrogen (secondary N) is 4. The van der Waals surface area contributed by atoms with Crippen molar-refractivity contribution in [2.45, 2.75) is 18.6 Å². The Bertz CT molecular complexity index is 1250. The van der Waals surface area contributed by atoms with E-state index in [1.165, 1.54) is 6.20 Å². The molecule has 2 amide bonds. The highest BCUT2D eigenvalue weighted by Crippen LogP contribution is 2.28. The van der Waals surface area contributed by atoms with Crippen LogP contribution in [0.3, 0.4) is 0 Å². The third-order valence-electron chi connectivity index (χ3n) is 4.77. The van der Waals surface area contributed by atoms with Gasteiger partial charge in [0.15, 0.2) is 5.65 Å². The molecule has 0 bridgehead atoms. The maximum atomic E-state index is 13.0. The van der Waals surface area contributed by atoms with Gasteiger partial charge in [-0.2, -0.15) is 9.61 Å². The Morgan fingerprint density at radius 3 is 2.87 bits per heavy atom. The molecule has 1 saturated carbocycles. The van der Waals surface area contributed by atoms with E-state index in [0.717, 1.165) is 11.2 Å². The number of fused-ring (bicyclic) bond motifs is 2. The fourth-order valence-electron chi connectivity index (χ4n) is 3.16. The molecule has 0 unspecified atom stereocenters. The molecule has 10 nitrogen and oxygen atoms in total. The molecular formula is C19H18FN9O. The molecule has 0 spiro atoms. The summed E-state index contributed by atoms with van der Waals surface area (Å²) >= 11 is 0. The molecule has 152 valence electrons. The van der Waals surface area contributed by atoms with E-state index in [1.807, 2.05) is 18.2 Å². The zero-order valence-corrected chi connectivity index (χ0v) is 15.9. The predicted octanol–water partition coefficient (Wildman–Crippen LogP) is 2.69. The van der Waals surface area contributed by atoms with E-state index in [2.05, 4.69) is 41.3 Å². The van der Waals surface area contributed by atoms with Gasteiger partial charge in [-0.15, -0.1) is 0 Å². The number of alkyl halides is 1. The van der Waals surface area contributed by atoms with Crippen LogP contribution in [0.5, 0.6) is 0 Å². The van der Waals surface area contributed by atoms with E-state index in [1.54, 1.807) is 30.0 Å². The SMILES string of the molecule is CNc1cc(Nc2cccc3nccnc23)nc2c(NC(=O)N[C@@H]3C[C@@H]3F)cnn12. The van der Waals surface area contributed by atoms with Crippen LogP contribution >= 0.6 is 0 Å². The second-order valence-electron chi connectivity index (χ2n) is 6.88. The number of nitrogens with zero attached hydrogens (tertiary/aromatic N) is 5. The van der Waals surface area contributed by atoms with Gasteiger partial charge < -0.3 is 21.3 Å². The molecular weight excluding hydrogens is 389 g/mol. The largest absolute Gasteiger partial charge is 0.373 e. The smallest absolute Gasteiger partial charge is 0.319 e. The molecule has 5 rings (SSSR count). The molecule has 1 aromatic carbocycles. The number of urea groups is 1. The van der Waals surface area contributed by atoms with Gasteiger partial charge in [0.1, 0.15) is 29.0 Å². The van der Waals surface area contributed by atoms with Crippen molar-refractivity contribution in [3.8, 4) is 0 Å². The molecule has 0 aliphatic heterocycles. The first kappa shape index (κ1) is 18.0. The van der Waals surface area contributed by atoms with Crippen LogP contribution in [0.15, 0.2) is 42.9 Å². The van der Waals surface area contributed by atoms with Gasteiger partial charge in [0.05, 0.1) is 23.4 Å². The number of halogens is 1. The third kappa shape index (κ3) is 3.30. The highest BCUT2D eigenvalue weighted by atomic mass is 19.1. The summed E-state index contributed by atoms with van der Waals surface area (Å²) in [7, 11) is 1.76. The van der Waals surface area contributed by atoms with Crippen LogP contribution in [0.2, 0.25) is 0 Å². The lowest BCUT2D eigenvalue weighted by Crippen LogP contribution is -2.31. The summed E-state index contributed by atoms with van der Waals surface area (Å²) in [6.07, 6.45) is 4.12. The van der Waals surface area contributed by atoms with Crippen LogP contribution in [-0.4, -0.2) is 49.9 Å². The number of amides is 2.